The lowest BCUT2D eigenvalue weighted by Gasteiger charge is -2.14. The molecule has 1 fully saturated rings. The van der Waals surface area contributed by atoms with E-state index in [-0.39, 0.29) is 24.0 Å². The van der Waals surface area contributed by atoms with Gasteiger partial charge in [0.05, 0.1) is 13.7 Å². The molecule has 1 unspecified atom stereocenters. The van der Waals surface area contributed by atoms with E-state index in [2.05, 4.69) is 15.6 Å². The van der Waals surface area contributed by atoms with Crippen molar-refractivity contribution in [2.45, 2.75) is 13.0 Å². The van der Waals surface area contributed by atoms with Crippen LogP contribution in [0.15, 0.2) is 29.3 Å². The molecule has 118 valence electrons. The SMILES string of the molecule is CN=C(NCc1ccc(OC)cc1)NCC1CCOC1.I. The lowest BCUT2D eigenvalue weighted by molar-refractivity contribution is 0.186. The molecule has 1 saturated heterocycles. The number of aliphatic imine (C=N–C) groups is 1. The van der Waals surface area contributed by atoms with Crippen molar-refractivity contribution in [2.75, 3.05) is 33.9 Å². The van der Waals surface area contributed by atoms with Crippen molar-refractivity contribution in [3.63, 3.8) is 0 Å². The molecule has 1 aromatic carbocycles. The van der Waals surface area contributed by atoms with Gasteiger partial charge in [0.25, 0.3) is 0 Å². The Hall–Kier alpha value is -1.02. The van der Waals surface area contributed by atoms with Gasteiger partial charge in [-0.05, 0) is 24.1 Å². The predicted molar refractivity (Wildman–Crippen MR) is 95.5 cm³/mol. The molecule has 0 spiro atoms. The summed E-state index contributed by atoms with van der Waals surface area (Å²) in [6.07, 6.45) is 1.13. The van der Waals surface area contributed by atoms with Crippen molar-refractivity contribution >= 4 is 29.9 Å². The minimum atomic E-state index is 0. The average molecular weight is 405 g/mol. The number of hydrogen-bond acceptors (Lipinski definition) is 3. The molecule has 5 nitrogen and oxygen atoms in total. The Labute approximate surface area is 143 Å². The van der Waals surface area contributed by atoms with E-state index in [1.807, 2.05) is 24.3 Å². The number of nitrogens with one attached hydrogen (secondary N) is 2. The van der Waals surface area contributed by atoms with Gasteiger partial charge in [-0.15, -0.1) is 24.0 Å². The number of rotatable bonds is 5. The number of ether oxygens (including phenoxy) is 2. The second-order valence-corrected chi connectivity index (χ2v) is 4.88. The summed E-state index contributed by atoms with van der Waals surface area (Å²) < 4.78 is 10.5. The van der Waals surface area contributed by atoms with Crippen LogP contribution in [-0.2, 0) is 11.3 Å². The van der Waals surface area contributed by atoms with Crippen molar-refractivity contribution in [1.82, 2.24) is 10.6 Å². The standard InChI is InChI=1S/C15H23N3O2.HI/c1-16-15(18-10-13-7-8-20-11-13)17-9-12-3-5-14(19-2)6-4-12;/h3-6,13H,7-11H2,1-2H3,(H2,16,17,18);1H. The van der Waals surface area contributed by atoms with Gasteiger partial charge in [0.2, 0.25) is 0 Å². The fraction of sp³-hybridized carbons (Fsp3) is 0.533. The Morgan fingerprint density at radius 3 is 2.67 bits per heavy atom. The Balaban J connectivity index is 0.00000220. The molecule has 0 saturated carbocycles. The van der Waals surface area contributed by atoms with Gasteiger partial charge in [-0.1, -0.05) is 12.1 Å². The highest BCUT2D eigenvalue weighted by Crippen LogP contribution is 2.11. The highest BCUT2D eigenvalue weighted by molar-refractivity contribution is 14.0. The smallest absolute Gasteiger partial charge is 0.191 e. The van der Waals surface area contributed by atoms with E-state index < -0.39 is 0 Å². The van der Waals surface area contributed by atoms with Gasteiger partial charge in [0, 0.05) is 32.7 Å². The summed E-state index contributed by atoms with van der Waals surface area (Å²) in [6.45, 7) is 3.37. The topological polar surface area (TPSA) is 54.9 Å². The normalized spacial score (nSPS) is 18.0. The second kappa shape index (κ2) is 9.83. The minimum absolute atomic E-state index is 0. The Kier molecular flexibility index (Phi) is 8.44. The molecule has 6 heteroatoms. The Bertz CT molecular complexity index is 431. The van der Waals surface area contributed by atoms with Crippen LogP contribution in [0.5, 0.6) is 5.75 Å². The van der Waals surface area contributed by atoms with Crippen molar-refractivity contribution in [2.24, 2.45) is 10.9 Å². The predicted octanol–water partition coefficient (Wildman–Crippen LogP) is 2.01. The third-order valence-corrected chi connectivity index (χ3v) is 3.42. The van der Waals surface area contributed by atoms with E-state index in [0.717, 1.165) is 44.4 Å². The van der Waals surface area contributed by atoms with E-state index in [4.69, 9.17) is 9.47 Å². The Morgan fingerprint density at radius 2 is 2.10 bits per heavy atom. The maximum atomic E-state index is 5.36. The lowest BCUT2D eigenvalue weighted by Crippen LogP contribution is -2.39. The number of methoxy groups -OCH3 is 1. The molecule has 0 aromatic heterocycles. The summed E-state index contributed by atoms with van der Waals surface area (Å²) in [5.74, 6) is 2.29. The van der Waals surface area contributed by atoms with Crippen molar-refractivity contribution in [1.29, 1.82) is 0 Å². The van der Waals surface area contributed by atoms with Crippen LogP contribution in [0.2, 0.25) is 0 Å². The van der Waals surface area contributed by atoms with E-state index in [0.29, 0.717) is 5.92 Å². The summed E-state index contributed by atoms with van der Waals surface area (Å²) in [5, 5.41) is 6.64. The first kappa shape index (κ1) is 18.0. The van der Waals surface area contributed by atoms with Crippen LogP contribution < -0.4 is 15.4 Å². The van der Waals surface area contributed by atoms with E-state index in [1.165, 1.54) is 5.56 Å². The lowest BCUT2D eigenvalue weighted by atomic mass is 10.1. The molecular weight excluding hydrogens is 381 g/mol. The van der Waals surface area contributed by atoms with Crippen molar-refractivity contribution in [3.8, 4) is 5.75 Å². The van der Waals surface area contributed by atoms with E-state index in [1.54, 1.807) is 14.2 Å². The van der Waals surface area contributed by atoms with Gasteiger partial charge >= 0.3 is 0 Å². The molecule has 2 rings (SSSR count). The highest BCUT2D eigenvalue weighted by atomic mass is 127. The first-order chi connectivity index (χ1) is 9.81. The fourth-order valence-corrected chi connectivity index (χ4v) is 2.14. The van der Waals surface area contributed by atoms with Crippen molar-refractivity contribution in [3.05, 3.63) is 29.8 Å². The molecule has 0 radical (unpaired) electrons. The number of halogens is 1. The van der Waals surface area contributed by atoms with Gasteiger partial charge in [-0.25, -0.2) is 0 Å². The van der Waals surface area contributed by atoms with Crippen molar-refractivity contribution < 1.29 is 9.47 Å². The molecule has 0 amide bonds. The number of hydrogen-bond donors (Lipinski definition) is 2. The summed E-state index contributed by atoms with van der Waals surface area (Å²) in [5.41, 5.74) is 1.19. The number of nitrogens with zero attached hydrogens (tertiary/aromatic N) is 1. The van der Waals surface area contributed by atoms with Crippen LogP contribution in [0.1, 0.15) is 12.0 Å². The molecule has 0 aliphatic carbocycles. The molecule has 1 aliphatic heterocycles. The first-order valence-electron chi connectivity index (χ1n) is 6.97. The minimum Gasteiger partial charge on any atom is -0.497 e. The third-order valence-electron chi connectivity index (χ3n) is 3.42. The zero-order valence-electron chi connectivity index (χ0n) is 12.6. The summed E-state index contributed by atoms with van der Waals surface area (Å²) in [4.78, 5) is 4.23. The van der Waals surface area contributed by atoms with Crippen LogP contribution in [0.4, 0.5) is 0 Å². The van der Waals surface area contributed by atoms with Crippen LogP contribution in [0.25, 0.3) is 0 Å². The van der Waals surface area contributed by atoms with Crippen LogP contribution in [-0.4, -0.2) is 39.9 Å². The molecule has 2 N–H and O–H groups in total. The maximum Gasteiger partial charge on any atom is 0.191 e. The highest BCUT2D eigenvalue weighted by Gasteiger charge is 2.15. The summed E-state index contributed by atoms with van der Waals surface area (Å²) in [6, 6.07) is 8.01. The maximum absolute atomic E-state index is 5.36. The molecule has 1 aromatic rings. The third kappa shape index (κ3) is 6.09. The summed E-state index contributed by atoms with van der Waals surface area (Å²) in [7, 11) is 3.46. The second-order valence-electron chi connectivity index (χ2n) is 4.88. The fourth-order valence-electron chi connectivity index (χ4n) is 2.14. The van der Waals surface area contributed by atoms with Gasteiger partial charge in [-0.3, -0.25) is 4.99 Å². The number of benzene rings is 1. The number of guanidine groups is 1. The molecule has 1 heterocycles. The van der Waals surface area contributed by atoms with E-state index in [9.17, 15) is 0 Å². The first-order valence-corrected chi connectivity index (χ1v) is 6.97. The van der Waals surface area contributed by atoms with E-state index >= 15 is 0 Å². The van der Waals surface area contributed by atoms with Gasteiger partial charge < -0.3 is 20.1 Å². The zero-order valence-corrected chi connectivity index (χ0v) is 14.9. The molecular formula is C15H24IN3O2. The van der Waals surface area contributed by atoms with Crippen LogP contribution >= 0.6 is 24.0 Å². The Morgan fingerprint density at radius 1 is 1.33 bits per heavy atom. The monoisotopic (exact) mass is 405 g/mol. The molecule has 1 aliphatic rings. The van der Waals surface area contributed by atoms with Gasteiger partial charge in [-0.2, -0.15) is 0 Å². The molecule has 0 bridgehead atoms. The zero-order chi connectivity index (χ0) is 14.2. The molecule has 1 atom stereocenters. The van der Waals surface area contributed by atoms with Gasteiger partial charge in [0.1, 0.15) is 5.75 Å². The van der Waals surface area contributed by atoms with Crippen LogP contribution in [0, 0.1) is 5.92 Å². The van der Waals surface area contributed by atoms with Crippen LogP contribution in [0.3, 0.4) is 0 Å². The summed E-state index contributed by atoms with van der Waals surface area (Å²) >= 11 is 0. The quantitative estimate of drug-likeness (QED) is 0.447. The largest absolute Gasteiger partial charge is 0.497 e. The van der Waals surface area contributed by atoms with Gasteiger partial charge in [0.15, 0.2) is 5.96 Å². The average Bonchev–Trinajstić information content (AvgIpc) is 3.01. The molecule has 21 heavy (non-hydrogen) atoms.